The number of amides is 1. The molecule has 122 valence electrons. The number of nitrogens with zero attached hydrogens (tertiary/aromatic N) is 3. The zero-order valence-corrected chi connectivity index (χ0v) is 14.1. The minimum atomic E-state index is -0.148. The molecule has 1 aliphatic rings. The van der Waals surface area contributed by atoms with E-state index in [9.17, 15) is 4.79 Å². The summed E-state index contributed by atoms with van der Waals surface area (Å²) in [5.41, 5.74) is 1.77. The van der Waals surface area contributed by atoms with Gasteiger partial charge in [0, 0.05) is 35.9 Å². The van der Waals surface area contributed by atoms with Crippen LogP contribution >= 0.6 is 11.3 Å². The van der Waals surface area contributed by atoms with E-state index < -0.39 is 0 Å². The number of rotatable bonds is 5. The summed E-state index contributed by atoms with van der Waals surface area (Å²) < 4.78 is 5.28. The minimum Gasteiger partial charge on any atom is -0.481 e. The van der Waals surface area contributed by atoms with Crippen molar-refractivity contribution in [2.45, 2.75) is 32.4 Å². The standard InChI is InChI=1S/C16H20N4O2S/c1-11-5-6-12(15(19-11)22-2)10-18-14(21)13-4-3-8-20(13)16-17-7-9-23-16/h5-7,9,13H,3-4,8,10H2,1-2H3,(H,18,21)/t13-/m1/s1. The van der Waals surface area contributed by atoms with Crippen LogP contribution in [0.4, 0.5) is 5.13 Å². The monoisotopic (exact) mass is 332 g/mol. The molecule has 3 rings (SSSR count). The molecule has 0 radical (unpaired) electrons. The molecule has 0 spiro atoms. The molecule has 6 nitrogen and oxygen atoms in total. The lowest BCUT2D eigenvalue weighted by Crippen LogP contribution is -2.43. The van der Waals surface area contributed by atoms with E-state index in [2.05, 4.69) is 20.2 Å². The zero-order chi connectivity index (χ0) is 16.2. The molecule has 1 N–H and O–H groups in total. The van der Waals surface area contributed by atoms with Crippen molar-refractivity contribution >= 4 is 22.4 Å². The Bertz CT molecular complexity index is 675. The van der Waals surface area contributed by atoms with Gasteiger partial charge in [-0.1, -0.05) is 6.07 Å². The van der Waals surface area contributed by atoms with Crippen LogP contribution in [0, 0.1) is 6.92 Å². The number of methoxy groups -OCH3 is 1. The third kappa shape index (κ3) is 3.44. The Morgan fingerprint density at radius 1 is 1.52 bits per heavy atom. The highest BCUT2D eigenvalue weighted by atomic mass is 32.1. The van der Waals surface area contributed by atoms with Crippen LogP contribution in [0.3, 0.4) is 0 Å². The first-order valence-electron chi connectivity index (χ1n) is 7.63. The molecule has 0 bridgehead atoms. The number of hydrogen-bond donors (Lipinski definition) is 1. The zero-order valence-electron chi connectivity index (χ0n) is 13.3. The fraction of sp³-hybridized carbons (Fsp3) is 0.438. The molecule has 1 saturated heterocycles. The number of thiazole rings is 1. The summed E-state index contributed by atoms with van der Waals surface area (Å²) in [7, 11) is 1.59. The molecular weight excluding hydrogens is 312 g/mol. The first-order valence-corrected chi connectivity index (χ1v) is 8.51. The van der Waals surface area contributed by atoms with Crippen LogP contribution in [0.5, 0.6) is 5.88 Å². The van der Waals surface area contributed by atoms with Crippen LogP contribution in [-0.2, 0) is 11.3 Å². The first-order chi connectivity index (χ1) is 11.2. The van der Waals surface area contributed by atoms with Gasteiger partial charge >= 0.3 is 0 Å². The van der Waals surface area contributed by atoms with E-state index in [1.165, 1.54) is 0 Å². The molecule has 3 heterocycles. The quantitative estimate of drug-likeness (QED) is 0.908. The first kappa shape index (κ1) is 15.7. The minimum absolute atomic E-state index is 0.0281. The molecule has 2 aromatic rings. The Labute approximate surface area is 139 Å². The van der Waals surface area contributed by atoms with Gasteiger partial charge in [-0.05, 0) is 25.8 Å². The van der Waals surface area contributed by atoms with Gasteiger partial charge in [0.2, 0.25) is 11.8 Å². The molecule has 1 fully saturated rings. The van der Waals surface area contributed by atoms with E-state index in [4.69, 9.17) is 4.74 Å². The number of carbonyl (C=O) groups is 1. The van der Waals surface area contributed by atoms with E-state index in [1.54, 1.807) is 24.6 Å². The Balaban J connectivity index is 1.65. The molecule has 1 atom stereocenters. The van der Waals surface area contributed by atoms with E-state index in [-0.39, 0.29) is 11.9 Å². The number of pyridine rings is 1. The molecule has 0 aromatic carbocycles. The summed E-state index contributed by atoms with van der Waals surface area (Å²) >= 11 is 1.57. The number of ether oxygens (including phenoxy) is 1. The Morgan fingerprint density at radius 2 is 2.39 bits per heavy atom. The lowest BCUT2D eigenvalue weighted by molar-refractivity contribution is -0.122. The predicted octanol–water partition coefficient (Wildman–Crippen LogP) is 2.14. The van der Waals surface area contributed by atoms with Gasteiger partial charge in [-0.2, -0.15) is 0 Å². The van der Waals surface area contributed by atoms with Gasteiger partial charge in [0.25, 0.3) is 0 Å². The predicted molar refractivity (Wildman–Crippen MR) is 89.9 cm³/mol. The van der Waals surface area contributed by atoms with E-state index >= 15 is 0 Å². The summed E-state index contributed by atoms with van der Waals surface area (Å²) in [5, 5.41) is 5.85. The van der Waals surface area contributed by atoms with Gasteiger partial charge in [-0.3, -0.25) is 4.79 Å². The van der Waals surface area contributed by atoms with Gasteiger partial charge in [0.15, 0.2) is 5.13 Å². The van der Waals surface area contributed by atoms with Gasteiger partial charge < -0.3 is 15.0 Å². The summed E-state index contributed by atoms with van der Waals surface area (Å²) in [5.74, 6) is 0.592. The Morgan fingerprint density at radius 3 is 3.13 bits per heavy atom. The molecule has 1 aliphatic heterocycles. The van der Waals surface area contributed by atoms with Crippen LogP contribution in [-0.4, -0.2) is 35.6 Å². The number of anilines is 1. The van der Waals surface area contributed by atoms with Crippen molar-refractivity contribution in [3.8, 4) is 5.88 Å². The number of aromatic nitrogens is 2. The normalized spacial score (nSPS) is 17.3. The number of carbonyl (C=O) groups excluding carboxylic acids is 1. The average molecular weight is 332 g/mol. The second-order valence-electron chi connectivity index (χ2n) is 5.50. The molecule has 0 saturated carbocycles. The second kappa shape index (κ2) is 6.95. The van der Waals surface area contributed by atoms with Crippen LogP contribution < -0.4 is 15.0 Å². The van der Waals surface area contributed by atoms with Crippen molar-refractivity contribution in [1.82, 2.24) is 15.3 Å². The van der Waals surface area contributed by atoms with Crippen molar-refractivity contribution in [2.75, 3.05) is 18.6 Å². The summed E-state index contributed by atoms with van der Waals surface area (Å²) in [6.07, 6.45) is 3.64. The fourth-order valence-corrected chi connectivity index (χ4v) is 3.52. The van der Waals surface area contributed by atoms with Crippen molar-refractivity contribution < 1.29 is 9.53 Å². The van der Waals surface area contributed by atoms with Crippen LogP contribution in [0.25, 0.3) is 0 Å². The summed E-state index contributed by atoms with van der Waals surface area (Å²) in [6.45, 7) is 3.20. The van der Waals surface area contributed by atoms with E-state index in [0.29, 0.717) is 12.4 Å². The van der Waals surface area contributed by atoms with E-state index in [1.807, 2.05) is 24.4 Å². The highest BCUT2D eigenvalue weighted by molar-refractivity contribution is 7.13. The van der Waals surface area contributed by atoms with E-state index in [0.717, 1.165) is 35.8 Å². The molecular formula is C16H20N4O2S. The maximum atomic E-state index is 12.6. The highest BCUT2D eigenvalue weighted by Crippen LogP contribution is 2.27. The lowest BCUT2D eigenvalue weighted by Gasteiger charge is -2.23. The molecule has 0 unspecified atom stereocenters. The van der Waals surface area contributed by atoms with Crippen LogP contribution in [0.2, 0.25) is 0 Å². The maximum absolute atomic E-state index is 12.6. The maximum Gasteiger partial charge on any atom is 0.243 e. The lowest BCUT2D eigenvalue weighted by atomic mass is 10.2. The largest absolute Gasteiger partial charge is 0.481 e. The molecule has 7 heteroatoms. The highest BCUT2D eigenvalue weighted by Gasteiger charge is 2.32. The Hall–Kier alpha value is -2.15. The van der Waals surface area contributed by atoms with Gasteiger partial charge in [-0.25, -0.2) is 9.97 Å². The van der Waals surface area contributed by atoms with Crippen LogP contribution in [0.1, 0.15) is 24.1 Å². The number of aryl methyl sites for hydroxylation is 1. The number of nitrogens with one attached hydrogen (secondary N) is 1. The van der Waals surface area contributed by atoms with Gasteiger partial charge in [0.05, 0.1) is 7.11 Å². The van der Waals surface area contributed by atoms with Gasteiger partial charge in [-0.15, -0.1) is 11.3 Å². The van der Waals surface area contributed by atoms with Crippen molar-refractivity contribution in [3.05, 3.63) is 35.0 Å². The van der Waals surface area contributed by atoms with Crippen molar-refractivity contribution in [1.29, 1.82) is 0 Å². The van der Waals surface area contributed by atoms with Crippen LogP contribution in [0.15, 0.2) is 23.7 Å². The summed E-state index contributed by atoms with van der Waals surface area (Å²) in [6, 6.07) is 3.71. The topological polar surface area (TPSA) is 67.3 Å². The van der Waals surface area contributed by atoms with Crippen molar-refractivity contribution in [2.24, 2.45) is 0 Å². The number of hydrogen-bond acceptors (Lipinski definition) is 6. The molecule has 1 amide bonds. The molecule has 2 aromatic heterocycles. The molecule has 0 aliphatic carbocycles. The van der Waals surface area contributed by atoms with Crippen molar-refractivity contribution in [3.63, 3.8) is 0 Å². The average Bonchev–Trinajstić information content (AvgIpc) is 3.23. The third-order valence-corrected chi connectivity index (χ3v) is 4.75. The SMILES string of the molecule is COc1nc(C)ccc1CNC(=O)[C@H]1CCCN1c1nccs1. The second-order valence-corrected chi connectivity index (χ2v) is 6.38. The summed E-state index contributed by atoms with van der Waals surface area (Å²) in [4.78, 5) is 23.3. The Kier molecular flexibility index (Phi) is 4.76. The molecule has 23 heavy (non-hydrogen) atoms. The van der Waals surface area contributed by atoms with Gasteiger partial charge in [0.1, 0.15) is 6.04 Å². The smallest absolute Gasteiger partial charge is 0.243 e. The fourth-order valence-electron chi connectivity index (χ4n) is 2.80. The third-order valence-electron chi connectivity index (χ3n) is 3.95.